The topological polar surface area (TPSA) is 0 Å². The van der Waals surface area contributed by atoms with E-state index in [-0.39, 0.29) is 0 Å². The lowest BCUT2D eigenvalue weighted by Gasteiger charge is -1.99. The number of benzene rings is 2. The van der Waals surface area contributed by atoms with Crippen molar-refractivity contribution >= 4 is 35.4 Å². The van der Waals surface area contributed by atoms with Crippen molar-refractivity contribution in [2.24, 2.45) is 0 Å². The van der Waals surface area contributed by atoms with Crippen molar-refractivity contribution < 1.29 is 0 Å². The largest absolute Gasteiger partial charge is 0.0985 e. The van der Waals surface area contributed by atoms with Crippen LogP contribution in [0.3, 0.4) is 0 Å². The van der Waals surface area contributed by atoms with E-state index in [1.165, 1.54) is 16.7 Å². The lowest BCUT2D eigenvalue weighted by Crippen LogP contribution is -1.80. The monoisotopic (exact) mass is 304 g/mol. The second-order valence-corrected chi connectivity index (χ2v) is 5.26. The molecule has 2 aromatic carbocycles. The first-order valence-electron chi connectivity index (χ1n) is 6.25. The molecule has 0 heterocycles. The van der Waals surface area contributed by atoms with E-state index in [9.17, 15) is 0 Å². The van der Waals surface area contributed by atoms with Gasteiger partial charge in [-0.15, -0.1) is 0 Å². The Kier molecular flexibility index (Phi) is 6.57. The molecule has 20 heavy (non-hydrogen) atoms. The molecule has 0 aliphatic heterocycles. The van der Waals surface area contributed by atoms with Crippen LogP contribution in [0.25, 0.3) is 12.2 Å². The van der Waals surface area contributed by atoms with Crippen LogP contribution in [0.5, 0.6) is 0 Å². The summed E-state index contributed by atoms with van der Waals surface area (Å²) in [5.74, 6) is 0. The highest BCUT2D eigenvalue weighted by molar-refractivity contribution is 6.42. The molecule has 0 nitrogen and oxygen atoms in total. The molecule has 0 saturated heterocycles. The molecule has 104 valence electrons. The van der Waals surface area contributed by atoms with Gasteiger partial charge in [0.25, 0.3) is 0 Å². The van der Waals surface area contributed by atoms with Crippen LogP contribution in [0.2, 0.25) is 10.0 Å². The molecular formula is C18H18Cl2. The molecule has 0 aliphatic rings. The van der Waals surface area contributed by atoms with Crippen LogP contribution >= 0.6 is 23.2 Å². The molecule has 0 bridgehead atoms. The summed E-state index contributed by atoms with van der Waals surface area (Å²) in [6, 6.07) is 11.7. The summed E-state index contributed by atoms with van der Waals surface area (Å²) in [6.45, 7) is 11.5. The van der Waals surface area contributed by atoms with Gasteiger partial charge in [-0.3, -0.25) is 0 Å². The number of aryl methyl sites for hydroxylation is 2. The first-order valence-corrected chi connectivity index (χ1v) is 7.00. The van der Waals surface area contributed by atoms with Gasteiger partial charge in [0.1, 0.15) is 0 Å². The Morgan fingerprint density at radius 2 is 1.55 bits per heavy atom. The fraction of sp³-hybridized carbons (Fsp3) is 0.111. The maximum Gasteiger partial charge on any atom is 0.0598 e. The summed E-state index contributed by atoms with van der Waals surface area (Å²) in [4.78, 5) is 0. The van der Waals surface area contributed by atoms with Crippen LogP contribution < -0.4 is 0 Å². The first-order chi connectivity index (χ1) is 9.47. The van der Waals surface area contributed by atoms with Crippen molar-refractivity contribution in [1.29, 1.82) is 0 Å². The molecule has 0 atom stereocenters. The molecule has 2 aromatic rings. The van der Waals surface area contributed by atoms with Crippen molar-refractivity contribution in [2.45, 2.75) is 13.8 Å². The summed E-state index contributed by atoms with van der Waals surface area (Å²) in [7, 11) is 0. The zero-order valence-electron chi connectivity index (χ0n) is 11.8. The van der Waals surface area contributed by atoms with Crippen molar-refractivity contribution in [1.82, 2.24) is 0 Å². The molecule has 0 spiro atoms. The second kappa shape index (κ2) is 7.94. The Labute approximate surface area is 131 Å². The minimum absolute atomic E-state index is 0.569. The summed E-state index contributed by atoms with van der Waals surface area (Å²) < 4.78 is 0. The standard InChI is InChI=1S/C10H12.C8H6Cl2/c1-4-10-6-5-8(2)7-9(10)3;1-2-6-3-4-7(9)8(10)5-6/h4-7H,1H2,2-3H3;2-5H,1H2. The van der Waals surface area contributed by atoms with Crippen LogP contribution in [-0.4, -0.2) is 0 Å². The van der Waals surface area contributed by atoms with E-state index < -0.39 is 0 Å². The number of halogens is 2. The van der Waals surface area contributed by atoms with Crippen molar-refractivity contribution in [2.75, 3.05) is 0 Å². The SMILES string of the molecule is C=Cc1ccc(C)cc1C.C=Cc1ccc(Cl)c(Cl)c1. The predicted molar refractivity (Wildman–Crippen MR) is 92.6 cm³/mol. The molecule has 0 fully saturated rings. The zero-order chi connectivity index (χ0) is 15.1. The van der Waals surface area contributed by atoms with Gasteiger partial charge in [-0.1, -0.05) is 78.3 Å². The molecule has 0 N–H and O–H groups in total. The fourth-order valence-electron chi connectivity index (χ4n) is 1.69. The van der Waals surface area contributed by atoms with Gasteiger partial charge in [0.15, 0.2) is 0 Å². The third-order valence-corrected chi connectivity index (χ3v) is 3.56. The fourth-order valence-corrected chi connectivity index (χ4v) is 2.00. The summed E-state index contributed by atoms with van der Waals surface area (Å²) >= 11 is 11.4. The highest BCUT2D eigenvalue weighted by atomic mass is 35.5. The van der Waals surface area contributed by atoms with Gasteiger partial charge >= 0.3 is 0 Å². The molecule has 0 aromatic heterocycles. The van der Waals surface area contributed by atoms with Gasteiger partial charge in [0.05, 0.1) is 10.0 Å². The molecule has 0 radical (unpaired) electrons. The van der Waals surface area contributed by atoms with Gasteiger partial charge < -0.3 is 0 Å². The first kappa shape index (κ1) is 16.6. The van der Waals surface area contributed by atoms with Crippen molar-refractivity contribution in [3.63, 3.8) is 0 Å². The highest BCUT2D eigenvalue weighted by Gasteiger charge is 1.95. The average molecular weight is 305 g/mol. The van der Waals surface area contributed by atoms with E-state index in [1.807, 2.05) is 12.1 Å². The van der Waals surface area contributed by atoms with Crippen LogP contribution in [0.1, 0.15) is 22.3 Å². The van der Waals surface area contributed by atoms with Gasteiger partial charge in [-0.2, -0.15) is 0 Å². The Morgan fingerprint density at radius 1 is 0.850 bits per heavy atom. The summed E-state index contributed by atoms with van der Waals surface area (Å²) in [5.41, 5.74) is 4.82. The van der Waals surface area contributed by atoms with E-state index >= 15 is 0 Å². The number of hydrogen-bond donors (Lipinski definition) is 0. The Balaban J connectivity index is 0.000000200. The summed E-state index contributed by atoms with van der Waals surface area (Å²) in [6.07, 6.45) is 3.61. The zero-order valence-corrected chi connectivity index (χ0v) is 13.3. The van der Waals surface area contributed by atoms with Gasteiger partial charge in [-0.05, 0) is 42.7 Å². The maximum absolute atomic E-state index is 5.71. The quantitative estimate of drug-likeness (QED) is 0.587. The molecule has 0 amide bonds. The Morgan fingerprint density at radius 3 is 2.05 bits per heavy atom. The molecule has 2 heteroatoms. The van der Waals surface area contributed by atoms with Gasteiger partial charge in [-0.25, -0.2) is 0 Å². The third kappa shape index (κ3) is 4.88. The highest BCUT2D eigenvalue weighted by Crippen LogP contribution is 2.22. The van der Waals surface area contributed by atoms with Crippen LogP contribution in [-0.2, 0) is 0 Å². The minimum atomic E-state index is 0.569. The molecule has 2 rings (SSSR count). The van der Waals surface area contributed by atoms with Crippen molar-refractivity contribution in [3.05, 3.63) is 81.9 Å². The van der Waals surface area contributed by atoms with Crippen LogP contribution in [0.15, 0.2) is 49.6 Å². The Hall–Kier alpha value is -1.50. The predicted octanol–water partition coefficient (Wildman–Crippen LogP) is 6.58. The van der Waals surface area contributed by atoms with Crippen LogP contribution in [0.4, 0.5) is 0 Å². The van der Waals surface area contributed by atoms with Gasteiger partial charge in [0.2, 0.25) is 0 Å². The molecule has 0 aliphatic carbocycles. The average Bonchev–Trinajstić information content (AvgIpc) is 2.43. The molecule has 0 unspecified atom stereocenters. The maximum atomic E-state index is 5.71. The number of rotatable bonds is 2. The van der Waals surface area contributed by atoms with E-state index in [0.29, 0.717) is 10.0 Å². The van der Waals surface area contributed by atoms with E-state index in [2.05, 4.69) is 45.2 Å². The van der Waals surface area contributed by atoms with E-state index in [4.69, 9.17) is 23.2 Å². The molecular weight excluding hydrogens is 287 g/mol. The lowest BCUT2D eigenvalue weighted by atomic mass is 10.1. The molecule has 0 saturated carbocycles. The van der Waals surface area contributed by atoms with Gasteiger partial charge in [0, 0.05) is 0 Å². The smallest absolute Gasteiger partial charge is 0.0598 e. The van der Waals surface area contributed by atoms with Crippen molar-refractivity contribution in [3.8, 4) is 0 Å². The normalized spacial score (nSPS) is 9.40. The lowest BCUT2D eigenvalue weighted by molar-refractivity contribution is 1.37. The Bertz CT molecular complexity index is 613. The second-order valence-electron chi connectivity index (χ2n) is 4.44. The third-order valence-electron chi connectivity index (χ3n) is 2.82. The van der Waals surface area contributed by atoms with Crippen LogP contribution in [0, 0.1) is 13.8 Å². The number of hydrogen-bond acceptors (Lipinski definition) is 0. The summed E-state index contributed by atoms with van der Waals surface area (Å²) in [5, 5.41) is 1.14. The van der Waals surface area contributed by atoms with E-state index in [0.717, 1.165) is 5.56 Å². The van der Waals surface area contributed by atoms with E-state index in [1.54, 1.807) is 18.2 Å². The minimum Gasteiger partial charge on any atom is -0.0985 e.